The van der Waals surface area contributed by atoms with Gasteiger partial charge in [-0.3, -0.25) is 0 Å². The smallest absolute Gasteiger partial charge is 0.0119 e. The summed E-state index contributed by atoms with van der Waals surface area (Å²) in [7, 11) is 0. The Morgan fingerprint density at radius 1 is 0.867 bits per heavy atom. The molecule has 1 aromatic carbocycles. The summed E-state index contributed by atoms with van der Waals surface area (Å²) in [6.07, 6.45) is 9.48. The van der Waals surface area contributed by atoms with Gasteiger partial charge in [0.2, 0.25) is 0 Å². The van der Waals surface area contributed by atoms with Crippen LogP contribution in [-0.2, 0) is 12.8 Å². The molecule has 0 saturated heterocycles. The summed E-state index contributed by atoms with van der Waals surface area (Å²) in [5.74, 6) is 0. The molecule has 1 radical (unpaired) electrons. The standard InChI is InChI=1S/C15H17/c1-4-7-13-10-14(8-5-2)12-15(11-13)9-6-3/h4-7,10-12H,1-3,8-9H2. The van der Waals surface area contributed by atoms with E-state index in [4.69, 9.17) is 0 Å². The van der Waals surface area contributed by atoms with Crippen molar-refractivity contribution in [2.24, 2.45) is 0 Å². The Morgan fingerprint density at radius 2 is 1.40 bits per heavy atom. The molecule has 0 bridgehead atoms. The highest BCUT2D eigenvalue weighted by Gasteiger charge is 1.98. The molecule has 0 spiro atoms. The highest BCUT2D eigenvalue weighted by Crippen LogP contribution is 2.14. The molecule has 0 aliphatic heterocycles. The number of rotatable bonds is 6. The first kappa shape index (κ1) is 11.5. The van der Waals surface area contributed by atoms with Crippen LogP contribution in [0.1, 0.15) is 16.7 Å². The zero-order valence-electron chi connectivity index (χ0n) is 9.08. The monoisotopic (exact) mass is 197 g/mol. The summed E-state index contributed by atoms with van der Waals surface area (Å²) in [5.41, 5.74) is 3.77. The van der Waals surface area contributed by atoms with E-state index >= 15 is 0 Å². The highest BCUT2D eigenvalue weighted by atomic mass is 14.0. The summed E-state index contributed by atoms with van der Waals surface area (Å²) in [4.78, 5) is 0. The SMILES string of the molecule is C=C[CH]c1cc(CC=C)cc(CC=C)c1. The van der Waals surface area contributed by atoms with Crippen LogP contribution >= 0.6 is 0 Å². The Bertz CT molecular complexity index is 289. The molecule has 0 aliphatic carbocycles. The summed E-state index contributed by atoms with van der Waals surface area (Å²) in [6.45, 7) is 11.2. The van der Waals surface area contributed by atoms with Crippen LogP contribution < -0.4 is 0 Å². The van der Waals surface area contributed by atoms with Crippen molar-refractivity contribution >= 4 is 0 Å². The van der Waals surface area contributed by atoms with Gasteiger partial charge in [0.15, 0.2) is 0 Å². The van der Waals surface area contributed by atoms with E-state index in [9.17, 15) is 0 Å². The van der Waals surface area contributed by atoms with Gasteiger partial charge in [-0.05, 0) is 29.5 Å². The maximum Gasteiger partial charge on any atom is 0.0119 e. The predicted octanol–water partition coefficient (Wildman–Crippen LogP) is 3.88. The molecule has 1 aromatic rings. The molecule has 0 aromatic heterocycles. The van der Waals surface area contributed by atoms with Gasteiger partial charge in [0.25, 0.3) is 0 Å². The van der Waals surface area contributed by atoms with Gasteiger partial charge >= 0.3 is 0 Å². The second kappa shape index (κ2) is 6.02. The van der Waals surface area contributed by atoms with Gasteiger partial charge in [-0.15, -0.1) is 19.7 Å². The van der Waals surface area contributed by atoms with E-state index in [0.717, 1.165) is 12.8 Å². The van der Waals surface area contributed by atoms with Crippen molar-refractivity contribution in [2.45, 2.75) is 12.8 Å². The number of benzene rings is 1. The molecule has 1 rings (SSSR count). The molecule has 0 aliphatic rings. The van der Waals surface area contributed by atoms with Gasteiger partial charge in [0.1, 0.15) is 0 Å². The minimum Gasteiger partial charge on any atom is -0.103 e. The average molecular weight is 197 g/mol. The Labute approximate surface area is 92.6 Å². The molecule has 0 heteroatoms. The first-order valence-corrected chi connectivity index (χ1v) is 5.10. The van der Waals surface area contributed by atoms with Gasteiger partial charge in [-0.2, -0.15) is 0 Å². The van der Waals surface area contributed by atoms with Crippen molar-refractivity contribution in [3.63, 3.8) is 0 Å². The first-order chi connectivity index (χ1) is 7.30. The molecule has 15 heavy (non-hydrogen) atoms. The average Bonchev–Trinajstić information content (AvgIpc) is 2.19. The van der Waals surface area contributed by atoms with Crippen molar-refractivity contribution in [1.29, 1.82) is 0 Å². The molecule has 0 atom stereocenters. The minimum atomic E-state index is 0.906. The summed E-state index contributed by atoms with van der Waals surface area (Å²) in [6, 6.07) is 6.52. The Morgan fingerprint density at radius 3 is 1.80 bits per heavy atom. The fourth-order valence-electron chi connectivity index (χ4n) is 1.59. The lowest BCUT2D eigenvalue weighted by molar-refractivity contribution is 1.19. The van der Waals surface area contributed by atoms with Gasteiger partial charge in [-0.25, -0.2) is 0 Å². The molecule has 0 saturated carbocycles. The zero-order chi connectivity index (χ0) is 11.1. The van der Waals surface area contributed by atoms with Crippen LogP contribution in [-0.4, -0.2) is 0 Å². The predicted molar refractivity (Wildman–Crippen MR) is 67.8 cm³/mol. The molecule has 77 valence electrons. The maximum absolute atomic E-state index is 3.76. The van der Waals surface area contributed by atoms with E-state index in [0.29, 0.717) is 0 Å². The van der Waals surface area contributed by atoms with Crippen molar-refractivity contribution in [2.75, 3.05) is 0 Å². The molecule has 0 nitrogen and oxygen atoms in total. The summed E-state index contributed by atoms with van der Waals surface area (Å²) >= 11 is 0. The van der Waals surface area contributed by atoms with Crippen molar-refractivity contribution < 1.29 is 0 Å². The minimum absolute atomic E-state index is 0.906. The third-order valence-corrected chi connectivity index (χ3v) is 2.15. The zero-order valence-corrected chi connectivity index (χ0v) is 9.08. The Hall–Kier alpha value is -1.56. The van der Waals surface area contributed by atoms with Crippen molar-refractivity contribution in [1.82, 2.24) is 0 Å². The second-order valence-electron chi connectivity index (χ2n) is 3.47. The van der Waals surface area contributed by atoms with Crippen molar-refractivity contribution in [3.05, 3.63) is 79.3 Å². The number of hydrogen-bond donors (Lipinski definition) is 0. The van der Waals surface area contributed by atoms with E-state index < -0.39 is 0 Å². The van der Waals surface area contributed by atoms with Crippen LogP contribution in [0.25, 0.3) is 0 Å². The molecular formula is C15H17. The van der Waals surface area contributed by atoms with Crippen LogP contribution in [0.5, 0.6) is 0 Å². The van der Waals surface area contributed by atoms with E-state index in [1.54, 1.807) is 0 Å². The number of allylic oxidation sites excluding steroid dienone is 3. The molecule has 0 heterocycles. The van der Waals surface area contributed by atoms with Crippen LogP contribution in [0.3, 0.4) is 0 Å². The third kappa shape index (κ3) is 3.59. The largest absolute Gasteiger partial charge is 0.103 e. The molecule has 0 N–H and O–H groups in total. The van der Waals surface area contributed by atoms with Crippen LogP contribution in [0.2, 0.25) is 0 Å². The van der Waals surface area contributed by atoms with Crippen LogP contribution in [0.4, 0.5) is 0 Å². The quantitative estimate of drug-likeness (QED) is 0.607. The number of hydrogen-bond acceptors (Lipinski definition) is 0. The van der Waals surface area contributed by atoms with E-state index in [2.05, 4.69) is 37.9 Å². The fraction of sp³-hybridized carbons (Fsp3) is 0.133. The first-order valence-electron chi connectivity index (χ1n) is 5.10. The van der Waals surface area contributed by atoms with Gasteiger partial charge in [-0.1, -0.05) is 36.4 Å². The third-order valence-electron chi connectivity index (χ3n) is 2.15. The normalized spacial score (nSPS) is 9.60. The van der Waals surface area contributed by atoms with Gasteiger partial charge in [0.05, 0.1) is 0 Å². The molecular weight excluding hydrogens is 180 g/mol. The Balaban J connectivity index is 3.00. The fourth-order valence-corrected chi connectivity index (χ4v) is 1.59. The lowest BCUT2D eigenvalue weighted by Crippen LogP contribution is -1.90. The van der Waals surface area contributed by atoms with Gasteiger partial charge in [0, 0.05) is 6.42 Å². The molecule has 0 fully saturated rings. The lowest BCUT2D eigenvalue weighted by Gasteiger charge is -2.05. The van der Waals surface area contributed by atoms with E-state index in [1.165, 1.54) is 16.7 Å². The topological polar surface area (TPSA) is 0 Å². The second-order valence-corrected chi connectivity index (χ2v) is 3.47. The van der Waals surface area contributed by atoms with Crippen LogP contribution in [0.15, 0.2) is 56.2 Å². The van der Waals surface area contributed by atoms with Gasteiger partial charge < -0.3 is 0 Å². The maximum atomic E-state index is 3.76. The summed E-state index contributed by atoms with van der Waals surface area (Å²) < 4.78 is 0. The van der Waals surface area contributed by atoms with Crippen molar-refractivity contribution in [3.8, 4) is 0 Å². The van der Waals surface area contributed by atoms with E-state index in [1.807, 2.05) is 24.6 Å². The lowest BCUT2D eigenvalue weighted by atomic mass is 10.00. The van der Waals surface area contributed by atoms with Crippen LogP contribution in [0, 0.1) is 6.42 Å². The highest BCUT2D eigenvalue weighted by molar-refractivity contribution is 5.37. The summed E-state index contributed by atoms with van der Waals surface area (Å²) in [5, 5.41) is 0. The van der Waals surface area contributed by atoms with E-state index in [-0.39, 0.29) is 0 Å². The molecule has 0 unspecified atom stereocenters. The molecule has 0 amide bonds. The Kier molecular flexibility index (Phi) is 4.62.